The van der Waals surface area contributed by atoms with Crippen molar-refractivity contribution in [1.29, 1.82) is 0 Å². The van der Waals surface area contributed by atoms with Crippen molar-refractivity contribution < 1.29 is 4.79 Å². The van der Waals surface area contributed by atoms with Crippen molar-refractivity contribution in [1.82, 2.24) is 19.9 Å². The molecule has 1 rings (SSSR count). The molecule has 0 bridgehead atoms. The van der Waals surface area contributed by atoms with Gasteiger partial charge in [0.2, 0.25) is 0 Å². The van der Waals surface area contributed by atoms with Crippen molar-refractivity contribution in [2.75, 3.05) is 0 Å². The van der Waals surface area contributed by atoms with Crippen molar-refractivity contribution in [3.8, 4) is 0 Å². The molecule has 5 heteroatoms. The second-order valence-electron chi connectivity index (χ2n) is 3.70. The second-order valence-corrected chi connectivity index (χ2v) is 3.70. The molecule has 0 aliphatic rings. The van der Waals surface area contributed by atoms with Crippen LogP contribution in [0.15, 0.2) is 12.4 Å². The zero-order valence-electron chi connectivity index (χ0n) is 9.01. The fourth-order valence-electron chi connectivity index (χ4n) is 1.46. The Labute approximate surface area is 83.7 Å². The minimum Gasteiger partial charge on any atom is -0.317 e. The van der Waals surface area contributed by atoms with E-state index in [0.29, 0.717) is 0 Å². The highest BCUT2D eigenvalue weighted by Crippen LogP contribution is 2.06. The topological polar surface area (TPSA) is 51.0 Å². The maximum Gasteiger partial charge on any atom is 0.362 e. The van der Waals surface area contributed by atoms with Crippen LogP contribution in [0.4, 0.5) is 4.79 Å². The minimum absolute atomic E-state index is 0.147. The van der Waals surface area contributed by atoms with Crippen LogP contribution in [0.2, 0.25) is 0 Å². The number of hydrogen-bond donors (Lipinski definition) is 0. The van der Waals surface area contributed by atoms with Crippen LogP contribution < -0.4 is 0 Å². The predicted octanol–water partition coefficient (Wildman–Crippen LogP) is 1.36. The van der Waals surface area contributed by atoms with E-state index in [2.05, 4.69) is 10.2 Å². The average Bonchev–Trinajstić information content (AvgIpc) is 2.53. The van der Waals surface area contributed by atoms with E-state index >= 15 is 0 Å². The molecule has 0 fully saturated rings. The van der Waals surface area contributed by atoms with Crippen LogP contribution >= 0.6 is 0 Å². The molecule has 0 aliphatic carbocycles. The molecule has 0 saturated carbocycles. The molecule has 14 heavy (non-hydrogen) atoms. The van der Waals surface area contributed by atoms with Gasteiger partial charge in [-0.15, -0.1) is 0 Å². The van der Waals surface area contributed by atoms with Crippen molar-refractivity contribution in [2.24, 2.45) is 0 Å². The lowest BCUT2D eigenvalue weighted by atomic mass is 10.2. The lowest BCUT2D eigenvalue weighted by Gasteiger charge is -2.29. The van der Waals surface area contributed by atoms with E-state index in [1.807, 2.05) is 27.7 Å². The molecule has 0 radical (unpaired) electrons. The maximum atomic E-state index is 11.9. The first kappa shape index (κ1) is 10.7. The highest BCUT2D eigenvalue weighted by molar-refractivity contribution is 5.75. The Morgan fingerprint density at radius 1 is 1.14 bits per heavy atom. The summed E-state index contributed by atoms with van der Waals surface area (Å²) in [5, 5.41) is 7.63. The standard InChI is InChI=1S/C9H16N4O/c1-7(2)12(8(3)4)9(14)13-10-5-6-11-13/h5-8H,1-4H3. The lowest BCUT2D eigenvalue weighted by Crippen LogP contribution is -2.45. The third-order valence-electron chi connectivity index (χ3n) is 1.92. The van der Waals surface area contributed by atoms with Crippen LogP contribution in [0, 0.1) is 0 Å². The van der Waals surface area contributed by atoms with Gasteiger partial charge in [-0.25, -0.2) is 4.79 Å². The summed E-state index contributed by atoms with van der Waals surface area (Å²) >= 11 is 0. The monoisotopic (exact) mass is 196 g/mol. The zero-order valence-corrected chi connectivity index (χ0v) is 9.01. The molecular formula is C9H16N4O. The predicted molar refractivity (Wildman–Crippen MR) is 52.9 cm³/mol. The number of hydrogen-bond acceptors (Lipinski definition) is 3. The lowest BCUT2D eigenvalue weighted by molar-refractivity contribution is 0.160. The molecule has 1 aromatic heterocycles. The molecule has 1 aromatic rings. The number of carbonyl (C=O) groups is 1. The summed E-state index contributed by atoms with van der Waals surface area (Å²) in [6, 6.07) is 0.113. The van der Waals surface area contributed by atoms with Gasteiger partial charge in [0.1, 0.15) is 0 Å². The minimum atomic E-state index is -0.181. The summed E-state index contributed by atoms with van der Waals surface area (Å²) in [7, 11) is 0. The molecule has 0 N–H and O–H groups in total. The average molecular weight is 196 g/mol. The van der Waals surface area contributed by atoms with E-state index in [1.54, 1.807) is 4.90 Å². The Morgan fingerprint density at radius 2 is 1.57 bits per heavy atom. The Balaban J connectivity index is 2.85. The number of rotatable bonds is 2. The molecule has 1 heterocycles. The number of aromatic nitrogens is 3. The van der Waals surface area contributed by atoms with Crippen molar-refractivity contribution in [3.05, 3.63) is 12.4 Å². The van der Waals surface area contributed by atoms with Gasteiger partial charge in [-0.3, -0.25) is 0 Å². The van der Waals surface area contributed by atoms with Crippen LogP contribution in [0.3, 0.4) is 0 Å². The summed E-state index contributed by atoms with van der Waals surface area (Å²) < 4.78 is 0. The van der Waals surface area contributed by atoms with Gasteiger partial charge in [0.25, 0.3) is 0 Å². The van der Waals surface area contributed by atoms with Gasteiger partial charge in [-0.05, 0) is 27.7 Å². The van der Waals surface area contributed by atoms with Crippen LogP contribution in [-0.2, 0) is 0 Å². The third kappa shape index (κ3) is 2.10. The molecular weight excluding hydrogens is 180 g/mol. The van der Waals surface area contributed by atoms with Gasteiger partial charge >= 0.3 is 6.03 Å². The Bertz CT molecular complexity index is 284. The molecule has 0 unspecified atom stereocenters. The number of carbonyl (C=O) groups excluding carboxylic acids is 1. The normalized spacial score (nSPS) is 11.0. The fourth-order valence-corrected chi connectivity index (χ4v) is 1.46. The van der Waals surface area contributed by atoms with Gasteiger partial charge in [-0.2, -0.15) is 10.2 Å². The summed E-state index contributed by atoms with van der Waals surface area (Å²) in [6.45, 7) is 7.89. The zero-order chi connectivity index (χ0) is 10.7. The van der Waals surface area contributed by atoms with Crippen molar-refractivity contribution >= 4 is 6.03 Å². The van der Waals surface area contributed by atoms with Gasteiger partial charge in [0.15, 0.2) is 0 Å². The first-order valence-electron chi connectivity index (χ1n) is 4.73. The largest absolute Gasteiger partial charge is 0.362 e. The van der Waals surface area contributed by atoms with Crippen LogP contribution in [0.5, 0.6) is 0 Å². The third-order valence-corrected chi connectivity index (χ3v) is 1.92. The Hall–Kier alpha value is -1.39. The van der Waals surface area contributed by atoms with E-state index in [0.717, 1.165) is 4.80 Å². The van der Waals surface area contributed by atoms with Crippen molar-refractivity contribution in [3.63, 3.8) is 0 Å². The van der Waals surface area contributed by atoms with Crippen molar-refractivity contribution in [2.45, 2.75) is 39.8 Å². The Kier molecular flexibility index (Phi) is 3.22. The second kappa shape index (κ2) is 4.21. The molecule has 1 amide bonds. The molecule has 0 atom stereocenters. The quantitative estimate of drug-likeness (QED) is 0.717. The molecule has 0 spiro atoms. The first-order valence-corrected chi connectivity index (χ1v) is 4.73. The van der Waals surface area contributed by atoms with E-state index in [9.17, 15) is 4.79 Å². The van der Waals surface area contributed by atoms with Gasteiger partial charge in [0.05, 0.1) is 12.4 Å². The highest BCUT2D eigenvalue weighted by atomic mass is 16.2. The van der Waals surface area contributed by atoms with E-state index < -0.39 is 0 Å². The van der Waals surface area contributed by atoms with Gasteiger partial charge < -0.3 is 4.90 Å². The number of nitrogens with zero attached hydrogens (tertiary/aromatic N) is 4. The smallest absolute Gasteiger partial charge is 0.317 e. The SMILES string of the molecule is CC(C)N(C(=O)n1nccn1)C(C)C. The fraction of sp³-hybridized carbons (Fsp3) is 0.667. The van der Waals surface area contributed by atoms with E-state index in [-0.39, 0.29) is 18.1 Å². The molecule has 0 saturated heterocycles. The highest BCUT2D eigenvalue weighted by Gasteiger charge is 2.22. The molecule has 5 nitrogen and oxygen atoms in total. The van der Waals surface area contributed by atoms with Crippen LogP contribution in [0.1, 0.15) is 27.7 Å². The first-order chi connectivity index (χ1) is 6.54. The number of amides is 1. The summed E-state index contributed by atoms with van der Waals surface area (Å²) in [6.07, 6.45) is 2.99. The molecule has 78 valence electrons. The summed E-state index contributed by atoms with van der Waals surface area (Å²) in [4.78, 5) is 14.7. The maximum absolute atomic E-state index is 11.9. The summed E-state index contributed by atoms with van der Waals surface area (Å²) in [5.41, 5.74) is 0. The Morgan fingerprint density at radius 3 is 1.93 bits per heavy atom. The molecule has 0 aromatic carbocycles. The van der Waals surface area contributed by atoms with Crippen LogP contribution in [-0.4, -0.2) is 38.0 Å². The summed E-state index contributed by atoms with van der Waals surface area (Å²) in [5.74, 6) is 0. The van der Waals surface area contributed by atoms with Gasteiger partial charge in [-0.1, -0.05) is 4.80 Å². The molecule has 0 aliphatic heterocycles. The van der Waals surface area contributed by atoms with E-state index in [4.69, 9.17) is 0 Å². The van der Waals surface area contributed by atoms with E-state index in [1.165, 1.54) is 12.4 Å². The van der Waals surface area contributed by atoms with Crippen LogP contribution in [0.25, 0.3) is 0 Å². The van der Waals surface area contributed by atoms with Gasteiger partial charge in [0, 0.05) is 12.1 Å².